The van der Waals surface area contributed by atoms with Crippen LogP contribution in [0, 0.1) is 0 Å². The largest absolute Gasteiger partial charge is 0.476 e. The van der Waals surface area contributed by atoms with Crippen molar-refractivity contribution in [3.63, 3.8) is 0 Å². The third-order valence-electron chi connectivity index (χ3n) is 2.39. The normalized spacial score (nSPS) is 10.2. The number of carbonyl (C=O) groups excluding carboxylic acids is 1. The van der Waals surface area contributed by atoms with E-state index in [1.807, 2.05) is 0 Å². The van der Waals surface area contributed by atoms with Crippen LogP contribution in [0.3, 0.4) is 0 Å². The Morgan fingerprint density at radius 1 is 1.32 bits per heavy atom. The van der Waals surface area contributed by atoms with Gasteiger partial charge in [-0.05, 0) is 31.2 Å². The number of carboxylic acid groups (broad SMARTS) is 1. The molecule has 1 heterocycles. The van der Waals surface area contributed by atoms with E-state index in [9.17, 15) is 9.59 Å². The summed E-state index contributed by atoms with van der Waals surface area (Å²) in [5.74, 6) is -1.55. The lowest BCUT2D eigenvalue weighted by Crippen LogP contribution is -2.09. The molecule has 0 fully saturated rings. The van der Waals surface area contributed by atoms with E-state index in [1.165, 1.54) is 4.68 Å². The van der Waals surface area contributed by atoms with E-state index in [-0.39, 0.29) is 5.69 Å². The van der Waals surface area contributed by atoms with E-state index in [0.717, 1.165) is 6.20 Å². The van der Waals surface area contributed by atoms with E-state index in [2.05, 4.69) is 10.3 Å². The van der Waals surface area contributed by atoms with Gasteiger partial charge in [0.15, 0.2) is 5.69 Å². The summed E-state index contributed by atoms with van der Waals surface area (Å²) in [6.45, 7) is 2.02. The molecule has 0 aliphatic carbocycles. The first kappa shape index (κ1) is 12.7. The maximum absolute atomic E-state index is 11.5. The number of aromatic carboxylic acids is 1. The Morgan fingerprint density at radius 2 is 2.00 bits per heavy atom. The van der Waals surface area contributed by atoms with Crippen molar-refractivity contribution in [3.05, 3.63) is 41.7 Å². The number of carboxylic acids is 1. The van der Waals surface area contributed by atoms with Gasteiger partial charge < -0.3 is 9.84 Å². The van der Waals surface area contributed by atoms with E-state index in [0.29, 0.717) is 17.9 Å². The fourth-order valence-electron chi connectivity index (χ4n) is 1.52. The molecule has 1 aromatic heterocycles. The van der Waals surface area contributed by atoms with Crippen molar-refractivity contribution < 1.29 is 19.4 Å². The van der Waals surface area contributed by atoms with Crippen LogP contribution in [0.5, 0.6) is 0 Å². The number of hydrogen-bond donors (Lipinski definition) is 1. The average Bonchev–Trinajstić information content (AvgIpc) is 2.88. The number of aromatic nitrogens is 3. The Kier molecular flexibility index (Phi) is 3.56. The third-order valence-corrected chi connectivity index (χ3v) is 2.39. The maximum Gasteiger partial charge on any atom is 0.356 e. The highest BCUT2D eigenvalue weighted by Crippen LogP contribution is 2.12. The molecule has 2 aromatic rings. The van der Waals surface area contributed by atoms with Gasteiger partial charge in [-0.2, -0.15) is 0 Å². The van der Waals surface area contributed by atoms with Crippen LogP contribution >= 0.6 is 0 Å². The van der Waals surface area contributed by atoms with Gasteiger partial charge in [-0.15, -0.1) is 5.10 Å². The average molecular weight is 261 g/mol. The van der Waals surface area contributed by atoms with E-state index in [1.54, 1.807) is 31.2 Å². The minimum absolute atomic E-state index is 0.0520. The van der Waals surface area contributed by atoms with Crippen molar-refractivity contribution in [2.24, 2.45) is 0 Å². The molecule has 2 rings (SSSR count). The lowest BCUT2D eigenvalue weighted by molar-refractivity contribution is 0.0525. The summed E-state index contributed by atoms with van der Waals surface area (Å²) >= 11 is 0. The Balaban J connectivity index is 2.30. The summed E-state index contributed by atoms with van der Waals surface area (Å²) in [7, 11) is 0. The van der Waals surface area contributed by atoms with Crippen molar-refractivity contribution in [2.75, 3.05) is 6.61 Å². The molecular weight excluding hydrogens is 250 g/mol. The summed E-state index contributed by atoms with van der Waals surface area (Å²) in [5.41, 5.74) is 0.842. The van der Waals surface area contributed by atoms with Crippen molar-refractivity contribution >= 4 is 11.9 Å². The van der Waals surface area contributed by atoms with Gasteiger partial charge in [0, 0.05) is 0 Å². The predicted octanol–water partition coefficient (Wildman–Crippen LogP) is 1.14. The van der Waals surface area contributed by atoms with Crippen LogP contribution in [-0.4, -0.2) is 38.6 Å². The first-order valence-electron chi connectivity index (χ1n) is 5.55. The van der Waals surface area contributed by atoms with Crippen molar-refractivity contribution in [2.45, 2.75) is 6.92 Å². The lowest BCUT2D eigenvalue weighted by Gasteiger charge is -2.05. The van der Waals surface area contributed by atoms with Crippen molar-refractivity contribution in [1.82, 2.24) is 15.0 Å². The van der Waals surface area contributed by atoms with Crippen LogP contribution in [0.25, 0.3) is 5.69 Å². The SMILES string of the molecule is CCOC(=O)c1ccc(-n2nncc2C(=O)O)cc1. The fourth-order valence-corrected chi connectivity index (χ4v) is 1.52. The Labute approximate surface area is 108 Å². The molecule has 0 amide bonds. The van der Waals surface area contributed by atoms with Crippen LogP contribution in [0.1, 0.15) is 27.8 Å². The number of rotatable bonds is 4. The number of esters is 1. The molecule has 7 heteroatoms. The molecule has 0 aliphatic heterocycles. The lowest BCUT2D eigenvalue weighted by atomic mass is 10.2. The first-order chi connectivity index (χ1) is 9.13. The topological polar surface area (TPSA) is 94.3 Å². The summed E-state index contributed by atoms with van der Waals surface area (Å²) in [6, 6.07) is 6.24. The van der Waals surface area contributed by atoms with Gasteiger partial charge in [-0.3, -0.25) is 0 Å². The van der Waals surface area contributed by atoms with Gasteiger partial charge in [0.05, 0.1) is 24.1 Å². The minimum Gasteiger partial charge on any atom is -0.476 e. The molecule has 1 aromatic carbocycles. The smallest absolute Gasteiger partial charge is 0.356 e. The summed E-state index contributed by atoms with van der Waals surface area (Å²) < 4.78 is 6.03. The third kappa shape index (κ3) is 2.59. The summed E-state index contributed by atoms with van der Waals surface area (Å²) in [5, 5.41) is 16.2. The summed E-state index contributed by atoms with van der Waals surface area (Å²) in [6.07, 6.45) is 1.15. The number of hydrogen-bond acceptors (Lipinski definition) is 5. The second-order valence-electron chi connectivity index (χ2n) is 3.60. The van der Waals surface area contributed by atoms with Crippen LogP contribution in [-0.2, 0) is 4.74 Å². The van der Waals surface area contributed by atoms with Crippen LogP contribution < -0.4 is 0 Å². The molecule has 0 bridgehead atoms. The molecular formula is C12H11N3O4. The Hall–Kier alpha value is -2.70. The first-order valence-corrected chi connectivity index (χ1v) is 5.55. The molecule has 7 nitrogen and oxygen atoms in total. The van der Waals surface area contributed by atoms with Crippen LogP contribution in [0.15, 0.2) is 30.5 Å². The number of carbonyl (C=O) groups is 2. The summed E-state index contributed by atoms with van der Waals surface area (Å²) in [4.78, 5) is 22.4. The van der Waals surface area contributed by atoms with Gasteiger partial charge in [0.1, 0.15) is 0 Å². The standard InChI is InChI=1S/C12H11N3O4/c1-2-19-12(18)8-3-5-9(6-4-8)15-10(11(16)17)7-13-14-15/h3-7H,2H2,1H3,(H,16,17). The zero-order valence-electron chi connectivity index (χ0n) is 10.1. The highest BCUT2D eigenvalue weighted by molar-refractivity contribution is 5.89. The molecule has 0 spiro atoms. The van der Waals surface area contributed by atoms with E-state index < -0.39 is 11.9 Å². The quantitative estimate of drug-likeness (QED) is 0.829. The predicted molar refractivity (Wildman–Crippen MR) is 64.3 cm³/mol. The second-order valence-corrected chi connectivity index (χ2v) is 3.60. The molecule has 0 unspecified atom stereocenters. The van der Waals surface area contributed by atoms with Crippen LogP contribution in [0.2, 0.25) is 0 Å². The fraction of sp³-hybridized carbons (Fsp3) is 0.167. The molecule has 0 saturated heterocycles. The van der Waals surface area contributed by atoms with Gasteiger partial charge in [-0.25, -0.2) is 14.3 Å². The molecule has 1 N–H and O–H groups in total. The number of nitrogens with zero attached hydrogens (tertiary/aromatic N) is 3. The van der Waals surface area contributed by atoms with Gasteiger partial charge >= 0.3 is 11.9 Å². The molecule has 0 atom stereocenters. The van der Waals surface area contributed by atoms with Crippen molar-refractivity contribution in [1.29, 1.82) is 0 Å². The molecule has 0 radical (unpaired) electrons. The second kappa shape index (κ2) is 5.30. The highest BCUT2D eigenvalue weighted by atomic mass is 16.5. The zero-order valence-corrected chi connectivity index (χ0v) is 10.1. The number of ether oxygens (including phenoxy) is 1. The Bertz CT molecular complexity index is 604. The van der Waals surface area contributed by atoms with E-state index >= 15 is 0 Å². The maximum atomic E-state index is 11.5. The Morgan fingerprint density at radius 3 is 2.58 bits per heavy atom. The van der Waals surface area contributed by atoms with Crippen LogP contribution in [0.4, 0.5) is 0 Å². The zero-order chi connectivity index (χ0) is 13.8. The van der Waals surface area contributed by atoms with E-state index in [4.69, 9.17) is 9.84 Å². The molecule has 19 heavy (non-hydrogen) atoms. The highest BCUT2D eigenvalue weighted by Gasteiger charge is 2.13. The minimum atomic E-state index is -1.13. The number of benzene rings is 1. The van der Waals surface area contributed by atoms with Gasteiger partial charge in [-0.1, -0.05) is 5.21 Å². The monoisotopic (exact) mass is 261 g/mol. The van der Waals surface area contributed by atoms with Gasteiger partial charge in [0.25, 0.3) is 0 Å². The van der Waals surface area contributed by atoms with Gasteiger partial charge in [0.2, 0.25) is 0 Å². The molecule has 98 valence electrons. The molecule has 0 aliphatic rings. The molecule has 0 saturated carbocycles. The van der Waals surface area contributed by atoms with Crippen molar-refractivity contribution in [3.8, 4) is 5.69 Å².